The maximum Gasteiger partial charge on any atom is 0.449 e. The fourth-order valence-corrected chi connectivity index (χ4v) is 3.03. The van der Waals surface area contributed by atoms with Gasteiger partial charge in [-0.1, -0.05) is 27.7 Å². The molecule has 28 heavy (non-hydrogen) atoms. The summed E-state index contributed by atoms with van der Waals surface area (Å²) in [5.74, 6) is -13.4. The second-order valence-corrected chi connectivity index (χ2v) is 6.92. The molecule has 1 fully saturated rings. The van der Waals surface area contributed by atoms with Crippen molar-refractivity contribution in [1.29, 1.82) is 0 Å². The van der Waals surface area contributed by atoms with E-state index < -0.39 is 66.4 Å². The highest BCUT2D eigenvalue weighted by Gasteiger charge is 2.86. The van der Waals surface area contributed by atoms with E-state index in [0.717, 1.165) is 13.8 Å². The average Bonchev–Trinajstić information content (AvgIpc) is 2.55. The van der Waals surface area contributed by atoms with E-state index >= 15 is 0 Å². The van der Waals surface area contributed by atoms with Crippen LogP contribution in [-0.4, -0.2) is 46.3 Å². The molecule has 166 valence electrons. The Labute approximate surface area is 156 Å². The van der Waals surface area contributed by atoms with Crippen molar-refractivity contribution in [3.05, 3.63) is 0 Å². The number of halogens is 8. The lowest BCUT2D eigenvalue weighted by Crippen LogP contribution is -2.79. The van der Waals surface area contributed by atoms with Crippen molar-refractivity contribution in [2.24, 2.45) is 5.92 Å². The predicted octanol–water partition coefficient (Wildman–Crippen LogP) is 4.74. The van der Waals surface area contributed by atoms with E-state index in [1.807, 2.05) is 0 Å². The third-order valence-corrected chi connectivity index (χ3v) is 5.27. The number of ether oxygens (including phenoxy) is 2. The topological polar surface area (TPSA) is 55.8 Å². The van der Waals surface area contributed by atoms with Crippen LogP contribution in [0.1, 0.15) is 53.4 Å². The summed E-state index contributed by atoms with van der Waals surface area (Å²) in [5, 5.41) is 9.75. The van der Waals surface area contributed by atoms with Crippen molar-refractivity contribution >= 4 is 5.97 Å². The molecule has 1 heterocycles. The summed E-state index contributed by atoms with van der Waals surface area (Å²) in [6, 6.07) is 0. The molecule has 0 aromatic carbocycles. The van der Waals surface area contributed by atoms with E-state index in [-0.39, 0.29) is 6.42 Å². The summed E-state index contributed by atoms with van der Waals surface area (Å²) in [4.78, 5) is 12.1. The minimum atomic E-state index is -6.31. The van der Waals surface area contributed by atoms with Crippen LogP contribution in [-0.2, 0) is 14.3 Å². The van der Waals surface area contributed by atoms with Crippen LogP contribution < -0.4 is 0 Å². The zero-order valence-corrected chi connectivity index (χ0v) is 15.6. The standard InChI is InChI=1S/C16H22F8O4/c1-5-9(4)10(25)27-11(6-2)8-12(7-3,15(19,20)21)28-14(26,13(11,17)18)16(22,23)24/h9,26H,5-8H2,1-4H3. The Balaban J connectivity index is 3.77. The summed E-state index contributed by atoms with van der Waals surface area (Å²) in [5.41, 5.74) is -7.41. The molecular formula is C16H22F8O4. The normalized spacial score (nSPS) is 34.8. The van der Waals surface area contributed by atoms with E-state index in [0.29, 0.717) is 0 Å². The number of carbonyl (C=O) groups is 1. The molecule has 4 nitrogen and oxygen atoms in total. The predicted molar refractivity (Wildman–Crippen MR) is 79.3 cm³/mol. The number of alkyl halides is 8. The molecule has 1 aliphatic rings. The number of rotatable bonds is 5. The summed E-state index contributed by atoms with van der Waals surface area (Å²) < 4.78 is 119. The lowest BCUT2D eigenvalue weighted by atomic mass is 9.72. The van der Waals surface area contributed by atoms with Gasteiger partial charge in [-0.05, 0) is 19.3 Å². The van der Waals surface area contributed by atoms with Crippen LogP contribution in [0, 0.1) is 5.92 Å². The fourth-order valence-electron chi connectivity index (χ4n) is 3.03. The Morgan fingerprint density at radius 3 is 1.89 bits per heavy atom. The zero-order chi connectivity index (χ0) is 22.4. The molecule has 0 aromatic heterocycles. The molecule has 0 saturated carbocycles. The van der Waals surface area contributed by atoms with Crippen molar-refractivity contribution in [2.45, 2.75) is 88.6 Å². The summed E-state index contributed by atoms with van der Waals surface area (Å²) >= 11 is 0. The molecule has 0 amide bonds. The first kappa shape index (κ1) is 24.9. The van der Waals surface area contributed by atoms with Crippen molar-refractivity contribution < 1.29 is 54.5 Å². The smallest absolute Gasteiger partial charge is 0.449 e. The second kappa shape index (κ2) is 7.26. The molecule has 1 saturated heterocycles. The van der Waals surface area contributed by atoms with Gasteiger partial charge in [-0.25, -0.2) is 0 Å². The summed E-state index contributed by atoms with van der Waals surface area (Å²) in [6.45, 7) is 4.28. The van der Waals surface area contributed by atoms with Gasteiger partial charge < -0.3 is 14.6 Å². The van der Waals surface area contributed by atoms with Crippen molar-refractivity contribution in [3.63, 3.8) is 0 Å². The fraction of sp³-hybridized carbons (Fsp3) is 0.938. The van der Waals surface area contributed by atoms with E-state index in [1.165, 1.54) is 13.8 Å². The number of esters is 1. The van der Waals surface area contributed by atoms with E-state index in [2.05, 4.69) is 9.47 Å². The second-order valence-electron chi connectivity index (χ2n) is 6.92. The lowest BCUT2D eigenvalue weighted by Gasteiger charge is -2.57. The van der Waals surface area contributed by atoms with Crippen LogP contribution in [0.4, 0.5) is 35.1 Å². The lowest BCUT2D eigenvalue weighted by molar-refractivity contribution is -0.518. The molecular weight excluding hydrogens is 408 g/mol. The highest BCUT2D eigenvalue weighted by Crippen LogP contribution is 2.62. The van der Waals surface area contributed by atoms with Gasteiger partial charge in [0.25, 0.3) is 0 Å². The third-order valence-electron chi connectivity index (χ3n) is 5.27. The highest BCUT2D eigenvalue weighted by atomic mass is 19.4. The molecule has 4 unspecified atom stereocenters. The van der Waals surface area contributed by atoms with E-state index in [9.17, 15) is 45.0 Å². The zero-order valence-electron chi connectivity index (χ0n) is 15.6. The maximum absolute atomic E-state index is 14.9. The Hall–Kier alpha value is -1.17. The van der Waals surface area contributed by atoms with Crippen molar-refractivity contribution in [3.8, 4) is 0 Å². The largest absolute Gasteiger partial charge is 0.452 e. The van der Waals surface area contributed by atoms with Gasteiger partial charge in [-0.15, -0.1) is 0 Å². The average molecular weight is 430 g/mol. The minimum absolute atomic E-state index is 0.0441. The Bertz CT molecular complexity index is 590. The number of carbonyl (C=O) groups excluding carboxylic acids is 1. The molecule has 4 atom stereocenters. The molecule has 0 aliphatic carbocycles. The van der Waals surface area contributed by atoms with Crippen LogP contribution in [0.15, 0.2) is 0 Å². The van der Waals surface area contributed by atoms with Gasteiger partial charge in [-0.2, -0.15) is 35.1 Å². The van der Waals surface area contributed by atoms with Crippen molar-refractivity contribution in [2.75, 3.05) is 0 Å². The Morgan fingerprint density at radius 1 is 1.07 bits per heavy atom. The van der Waals surface area contributed by atoms with E-state index in [1.54, 1.807) is 0 Å². The number of aliphatic hydroxyl groups is 1. The Morgan fingerprint density at radius 2 is 1.57 bits per heavy atom. The molecule has 1 aliphatic heterocycles. The van der Waals surface area contributed by atoms with Crippen LogP contribution in [0.25, 0.3) is 0 Å². The van der Waals surface area contributed by atoms with Gasteiger partial charge in [-0.3, -0.25) is 4.79 Å². The van der Waals surface area contributed by atoms with Crippen molar-refractivity contribution in [1.82, 2.24) is 0 Å². The highest BCUT2D eigenvalue weighted by molar-refractivity contribution is 5.72. The van der Waals surface area contributed by atoms with Crippen LogP contribution in [0.5, 0.6) is 0 Å². The molecule has 0 spiro atoms. The molecule has 0 aromatic rings. The minimum Gasteiger partial charge on any atom is -0.452 e. The molecule has 12 heteroatoms. The van der Waals surface area contributed by atoms with Crippen LogP contribution in [0.2, 0.25) is 0 Å². The maximum atomic E-state index is 14.9. The summed E-state index contributed by atoms with van der Waals surface area (Å²) in [6.07, 6.45) is -16.0. The molecule has 1 rings (SSSR count). The molecule has 0 bridgehead atoms. The first-order chi connectivity index (χ1) is 12.4. The number of hydrogen-bond acceptors (Lipinski definition) is 4. The monoisotopic (exact) mass is 430 g/mol. The number of hydrogen-bond donors (Lipinski definition) is 1. The van der Waals surface area contributed by atoms with Gasteiger partial charge in [0.1, 0.15) is 0 Å². The van der Waals surface area contributed by atoms with Gasteiger partial charge in [0.2, 0.25) is 0 Å². The SMILES string of the molecule is CCC(C)C(=O)OC1(CC)CC(CC)(C(F)(F)F)OC(O)(C(F)(F)F)C1(F)F. The first-order valence-electron chi connectivity index (χ1n) is 8.57. The first-order valence-corrected chi connectivity index (χ1v) is 8.57. The van der Waals surface area contributed by atoms with Gasteiger partial charge in [0.15, 0.2) is 11.2 Å². The van der Waals surface area contributed by atoms with Crippen LogP contribution in [0.3, 0.4) is 0 Å². The summed E-state index contributed by atoms with van der Waals surface area (Å²) in [7, 11) is 0. The van der Waals surface area contributed by atoms with Crippen LogP contribution >= 0.6 is 0 Å². The van der Waals surface area contributed by atoms with E-state index in [4.69, 9.17) is 0 Å². The van der Waals surface area contributed by atoms with Gasteiger partial charge in [0, 0.05) is 6.42 Å². The van der Waals surface area contributed by atoms with Gasteiger partial charge >= 0.3 is 30.0 Å². The van der Waals surface area contributed by atoms with Gasteiger partial charge in [0.05, 0.1) is 5.92 Å². The quantitative estimate of drug-likeness (QED) is 0.506. The molecule has 1 N–H and O–H groups in total. The molecule has 0 radical (unpaired) electrons. The third kappa shape index (κ3) is 3.46. The Kier molecular flexibility index (Phi) is 6.45.